The highest BCUT2D eigenvalue weighted by Gasteiger charge is 2.30. The third-order valence-corrected chi connectivity index (χ3v) is 7.18. The summed E-state index contributed by atoms with van der Waals surface area (Å²) in [6.45, 7) is 0.466. The molecule has 1 aromatic carbocycles. The summed E-state index contributed by atoms with van der Waals surface area (Å²) in [6.07, 6.45) is 11.0. The number of carbonyl (C=O) groups excluding carboxylic acids is 1. The third-order valence-electron chi connectivity index (χ3n) is 7.18. The first-order chi connectivity index (χ1) is 18.5. The Hall–Kier alpha value is -4.58. The maximum absolute atomic E-state index is 13.6. The molecule has 1 fully saturated rings. The van der Waals surface area contributed by atoms with Crippen molar-refractivity contribution in [2.24, 2.45) is 14.1 Å². The highest BCUT2D eigenvalue weighted by molar-refractivity contribution is 5.93. The Morgan fingerprint density at radius 3 is 2.45 bits per heavy atom. The number of nitrogens with zero attached hydrogens (tertiary/aromatic N) is 6. The van der Waals surface area contributed by atoms with Gasteiger partial charge < -0.3 is 15.2 Å². The predicted molar refractivity (Wildman–Crippen MR) is 147 cm³/mol. The highest BCUT2D eigenvalue weighted by atomic mass is 16.2. The summed E-state index contributed by atoms with van der Waals surface area (Å²) in [5, 5.41) is 19.9. The minimum Gasteiger partial charge on any atom is -0.367 e. The lowest BCUT2D eigenvalue weighted by Gasteiger charge is -2.37. The standard InChI is InChI=1S/C29H32N8O/c1-35-15-3-4-27(35)19-32-29(38)37(25-10-6-22(7-11-25)23-18-33-36(2)20-23)26-12-8-24(9-13-26)34-28-14-5-21(16-30)17-31-28/h3-7,10-11,14-15,17-18,20,24,26H,8-9,12-13,19H2,1-2H3,(H,31,34)(H,32,38). The van der Waals surface area contributed by atoms with Crippen molar-refractivity contribution in [2.45, 2.75) is 44.3 Å². The van der Waals surface area contributed by atoms with E-state index in [1.54, 1.807) is 16.9 Å². The number of nitrogens with one attached hydrogen (secondary N) is 2. The van der Waals surface area contributed by atoms with Crippen LogP contribution in [0.3, 0.4) is 0 Å². The van der Waals surface area contributed by atoms with Crippen molar-refractivity contribution in [1.82, 2.24) is 24.6 Å². The largest absolute Gasteiger partial charge is 0.367 e. The van der Waals surface area contributed by atoms with Crippen molar-refractivity contribution in [3.63, 3.8) is 0 Å². The second-order valence-corrected chi connectivity index (χ2v) is 9.78. The fourth-order valence-corrected chi connectivity index (χ4v) is 5.04. The number of aryl methyl sites for hydroxylation is 2. The maximum Gasteiger partial charge on any atom is 0.322 e. The zero-order valence-corrected chi connectivity index (χ0v) is 21.7. The lowest BCUT2D eigenvalue weighted by Crippen LogP contribution is -2.48. The molecule has 2 N–H and O–H groups in total. The molecule has 3 heterocycles. The van der Waals surface area contributed by atoms with Crippen molar-refractivity contribution in [3.8, 4) is 17.2 Å². The molecule has 1 saturated carbocycles. The third kappa shape index (κ3) is 5.70. The monoisotopic (exact) mass is 508 g/mol. The van der Waals surface area contributed by atoms with Gasteiger partial charge >= 0.3 is 6.03 Å². The number of nitriles is 1. The van der Waals surface area contributed by atoms with Crippen molar-refractivity contribution in [1.29, 1.82) is 5.26 Å². The fourth-order valence-electron chi connectivity index (χ4n) is 5.04. The molecule has 4 aromatic rings. The molecule has 0 saturated heterocycles. The van der Waals surface area contributed by atoms with Gasteiger partial charge in [-0.05, 0) is 67.6 Å². The number of pyridine rings is 1. The van der Waals surface area contributed by atoms with Gasteiger partial charge in [-0.1, -0.05) is 12.1 Å². The van der Waals surface area contributed by atoms with Crippen LogP contribution in [0.4, 0.5) is 16.3 Å². The first-order valence-corrected chi connectivity index (χ1v) is 12.9. The number of carbonyl (C=O) groups is 1. The Morgan fingerprint density at radius 1 is 1.05 bits per heavy atom. The Kier molecular flexibility index (Phi) is 7.40. The average Bonchev–Trinajstić information content (AvgIpc) is 3.57. The second kappa shape index (κ2) is 11.2. The van der Waals surface area contributed by atoms with Gasteiger partial charge in [0.1, 0.15) is 11.9 Å². The predicted octanol–water partition coefficient (Wildman–Crippen LogP) is 4.83. The molecule has 9 nitrogen and oxygen atoms in total. The van der Waals surface area contributed by atoms with Crippen LogP contribution in [-0.2, 0) is 20.6 Å². The molecule has 5 rings (SSSR count). The number of benzene rings is 1. The second-order valence-electron chi connectivity index (χ2n) is 9.78. The molecule has 38 heavy (non-hydrogen) atoms. The van der Waals surface area contributed by atoms with Crippen molar-refractivity contribution in [2.75, 3.05) is 10.2 Å². The Labute approximate surface area is 222 Å². The molecule has 0 atom stereocenters. The molecule has 2 amide bonds. The number of hydrogen-bond donors (Lipinski definition) is 2. The number of amides is 2. The number of rotatable bonds is 7. The number of hydrogen-bond acceptors (Lipinski definition) is 5. The molecule has 0 spiro atoms. The van der Waals surface area contributed by atoms with Crippen molar-refractivity contribution < 1.29 is 4.79 Å². The molecule has 0 aliphatic heterocycles. The van der Waals surface area contributed by atoms with Crippen molar-refractivity contribution in [3.05, 3.63) is 84.6 Å². The summed E-state index contributed by atoms with van der Waals surface area (Å²) < 4.78 is 3.80. The van der Waals surface area contributed by atoms with E-state index in [2.05, 4.69) is 26.8 Å². The summed E-state index contributed by atoms with van der Waals surface area (Å²) in [4.78, 5) is 19.9. The zero-order chi connectivity index (χ0) is 26.5. The quantitative estimate of drug-likeness (QED) is 0.372. The Balaban J connectivity index is 1.30. The summed E-state index contributed by atoms with van der Waals surface area (Å²) in [6, 6.07) is 18.1. The summed E-state index contributed by atoms with van der Waals surface area (Å²) in [7, 11) is 3.88. The number of anilines is 2. The van der Waals surface area contributed by atoms with E-state index in [0.29, 0.717) is 12.1 Å². The summed E-state index contributed by atoms with van der Waals surface area (Å²) >= 11 is 0. The first-order valence-electron chi connectivity index (χ1n) is 12.9. The molecule has 194 valence electrons. The first kappa shape index (κ1) is 25.1. The van der Waals surface area contributed by atoms with Crippen LogP contribution in [0.25, 0.3) is 11.1 Å². The van der Waals surface area contributed by atoms with Gasteiger partial charge in [0.05, 0.1) is 18.3 Å². The van der Waals surface area contributed by atoms with Crippen LogP contribution >= 0.6 is 0 Å². The molecule has 1 aliphatic rings. The van der Waals surface area contributed by atoms with Crippen LogP contribution in [0.2, 0.25) is 0 Å². The fraction of sp³-hybridized carbons (Fsp3) is 0.310. The van der Waals surface area contributed by atoms with Crippen LogP contribution in [0.1, 0.15) is 36.9 Å². The van der Waals surface area contributed by atoms with Crippen LogP contribution in [-0.4, -0.2) is 37.4 Å². The molecule has 1 aliphatic carbocycles. The van der Waals surface area contributed by atoms with Crippen LogP contribution in [0.15, 0.2) is 73.3 Å². The van der Waals surface area contributed by atoms with Gasteiger partial charge in [0.15, 0.2) is 0 Å². The van der Waals surface area contributed by atoms with Crippen LogP contribution < -0.4 is 15.5 Å². The van der Waals surface area contributed by atoms with Crippen LogP contribution in [0, 0.1) is 11.3 Å². The van der Waals surface area contributed by atoms with Gasteiger partial charge in [-0.3, -0.25) is 9.58 Å². The lowest BCUT2D eigenvalue weighted by atomic mass is 9.89. The minimum absolute atomic E-state index is 0.0830. The van der Waals surface area contributed by atoms with Gasteiger partial charge in [0.2, 0.25) is 0 Å². The van der Waals surface area contributed by atoms with E-state index < -0.39 is 0 Å². The Bertz CT molecular complexity index is 1410. The van der Waals surface area contributed by atoms with E-state index in [4.69, 9.17) is 5.26 Å². The lowest BCUT2D eigenvalue weighted by molar-refractivity contribution is 0.240. The topological polar surface area (TPSA) is 104 Å². The van der Waals surface area contributed by atoms with E-state index in [0.717, 1.165) is 54.0 Å². The van der Waals surface area contributed by atoms with E-state index >= 15 is 0 Å². The minimum atomic E-state index is -0.0921. The molecular formula is C29H32N8O. The van der Waals surface area contributed by atoms with E-state index in [-0.39, 0.29) is 18.1 Å². The zero-order valence-electron chi connectivity index (χ0n) is 21.7. The van der Waals surface area contributed by atoms with Crippen LogP contribution in [0.5, 0.6) is 0 Å². The van der Waals surface area contributed by atoms with Crippen molar-refractivity contribution >= 4 is 17.5 Å². The Morgan fingerprint density at radius 2 is 1.84 bits per heavy atom. The van der Waals surface area contributed by atoms with Gasteiger partial charge in [0.25, 0.3) is 0 Å². The maximum atomic E-state index is 13.6. The normalized spacial score (nSPS) is 17.0. The van der Waals surface area contributed by atoms with Gasteiger partial charge in [0, 0.05) is 61.7 Å². The van der Waals surface area contributed by atoms with Gasteiger partial charge in [-0.15, -0.1) is 0 Å². The average molecular weight is 509 g/mol. The molecule has 0 bridgehead atoms. The molecule has 0 radical (unpaired) electrons. The van der Waals surface area contributed by atoms with E-state index in [9.17, 15) is 4.79 Å². The molecule has 9 heteroatoms. The van der Waals surface area contributed by atoms with E-state index in [1.165, 1.54) is 0 Å². The molecule has 3 aromatic heterocycles. The van der Waals surface area contributed by atoms with Gasteiger partial charge in [-0.25, -0.2) is 9.78 Å². The SMILES string of the molecule is Cn1cc(-c2ccc(N(C(=O)NCc3cccn3C)C3CCC(Nc4ccc(C#N)cn4)CC3)cc2)cn1. The number of aromatic nitrogens is 4. The highest BCUT2D eigenvalue weighted by Crippen LogP contribution is 2.31. The summed E-state index contributed by atoms with van der Waals surface area (Å²) in [5.41, 5.74) is 4.58. The molecule has 0 unspecified atom stereocenters. The summed E-state index contributed by atoms with van der Waals surface area (Å²) in [5.74, 6) is 0.774. The smallest absolute Gasteiger partial charge is 0.322 e. The van der Waals surface area contributed by atoms with Gasteiger partial charge in [-0.2, -0.15) is 10.4 Å². The number of urea groups is 1. The molecular weight excluding hydrogens is 476 g/mol. The van der Waals surface area contributed by atoms with E-state index in [1.807, 2.05) is 84.6 Å².